The molecule has 0 aliphatic carbocycles. The number of aliphatic hydroxyl groups is 2. The van der Waals surface area contributed by atoms with E-state index in [9.17, 15) is 14.7 Å². The van der Waals surface area contributed by atoms with Gasteiger partial charge in [-0.2, -0.15) is 5.26 Å². The molecule has 1 aromatic carbocycles. The minimum Gasteiger partial charge on any atom is -0.547 e. The lowest BCUT2D eigenvalue weighted by Gasteiger charge is -2.13. The van der Waals surface area contributed by atoms with E-state index in [1.807, 2.05) is 30.3 Å². The molecule has 0 aromatic heterocycles. The SMILES string of the molecule is N#C[C@H]([NH3+])c1ccccc1.O=C([O-])[C@H](O)[C@@H](O)C(=O)O. The number of aliphatic hydroxyl groups excluding tert-OH is 2. The fraction of sp³-hybridized carbons (Fsp3) is 0.250. The molecule has 0 spiro atoms. The number of carbonyl (C=O) groups excluding carboxylic acids is 1. The van der Waals surface area contributed by atoms with Crippen LogP contribution in [0.2, 0.25) is 0 Å². The van der Waals surface area contributed by atoms with Gasteiger partial charge in [-0.1, -0.05) is 30.3 Å². The zero-order valence-corrected chi connectivity index (χ0v) is 10.3. The summed E-state index contributed by atoms with van der Waals surface area (Å²) >= 11 is 0. The fourth-order valence-corrected chi connectivity index (χ4v) is 1.02. The number of aliphatic carboxylic acids is 2. The third-order valence-electron chi connectivity index (χ3n) is 2.15. The van der Waals surface area contributed by atoms with Crippen LogP contribution in [-0.4, -0.2) is 39.5 Å². The number of benzene rings is 1. The van der Waals surface area contributed by atoms with Crippen molar-refractivity contribution in [3.8, 4) is 6.07 Å². The van der Waals surface area contributed by atoms with E-state index in [-0.39, 0.29) is 6.04 Å². The molecule has 20 heavy (non-hydrogen) atoms. The van der Waals surface area contributed by atoms with Gasteiger partial charge in [0, 0.05) is 5.56 Å². The molecule has 3 atom stereocenters. The van der Waals surface area contributed by atoms with Crippen molar-refractivity contribution >= 4 is 11.9 Å². The summed E-state index contributed by atoms with van der Waals surface area (Å²) in [5.41, 5.74) is 4.64. The van der Waals surface area contributed by atoms with Crippen molar-refractivity contribution < 1.29 is 35.7 Å². The highest BCUT2D eigenvalue weighted by molar-refractivity contribution is 5.82. The minimum atomic E-state index is -2.38. The van der Waals surface area contributed by atoms with Crippen LogP contribution in [-0.2, 0) is 9.59 Å². The Morgan fingerprint density at radius 1 is 1.20 bits per heavy atom. The first-order valence-electron chi connectivity index (χ1n) is 5.38. The van der Waals surface area contributed by atoms with Crippen molar-refractivity contribution in [1.82, 2.24) is 0 Å². The monoisotopic (exact) mass is 282 g/mol. The zero-order valence-electron chi connectivity index (χ0n) is 10.3. The number of carbonyl (C=O) groups is 2. The predicted octanol–water partition coefficient (Wildman–Crippen LogP) is -2.96. The number of rotatable bonds is 4. The number of carboxylic acid groups (broad SMARTS) is 2. The average Bonchev–Trinajstić information content (AvgIpc) is 2.46. The minimum absolute atomic E-state index is 0.235. The van der Waals surface area contributed by atoms with E-state index in [1.165, 1.54) is 0 Å². The first-order valence-corrected chi connectivity index (χ1v) is 5.38. The van der Waals surface area contributed by atoms with E-state index in [4.69, 9.17) is 20.6 Å². The Bertz CT molecular complexity index is 466. The van der Waals surface area contributed by atoms with Crippen LogP contribution in [0.25, 0.3) is 0 Å². The van der Waals surface area contributed by atoms with E-state index in [0.29, 0.717) is 0 Å². The lowest BCUT2D eigenvalue weighted by Crippen LogP contribution is -2.52. The first kappa shape index (κ1) is 17.5. The van der Waals surface area contributed by atoms with Crippen molar-refractivity contribution in [1.29, 1.82) is 5.26 Å². The van der Waals surface area contributed by atoms with Crippen molar-refractivity contribution in [2.45, 2.75) is 18.2 Å². The summed E-state index contributed by atoms with van der Waals surface area (Å²) in [6, 6.07) is 11.4. The highest BCUT2D eigenvalue weighted by Crippen LogP contribution is 2.04. The third-order valence-corrected chi connectivity index (χ3v) is 2.15. The molecule has 108 valence electrons. The van der Waals surface area contributed by atoms with Crippen molar-refractivity contribution in [3.63, 3.8) is 0 Å². The number of carboxylic acids is 2. The van der Waals surface area contributed by atoms with Crippen LogP contribution in [0.3, 0.4) is 0 Å². The Kier molecular flexibility index (Phi) is 7.54. The Labute approximate surface area is 114 Å². The number of hydrogen-bond donors (Lipinski definition) is 4. The standard InChI is InChI=1S/C8H8N2.C4H6O6/c9-6-8(10)7-4-2-1-3-5-7;5-1(3(7)8)2(6)4(9)10/h1-5,8H,10H2;1-2,5-6H,(H,7,8)(H,9,10)/t8-;1-,2-/m01/s1. The second kappa shape index (κ2) is 8.60. The van der Waals surface area contributed by atoms with Crippen molar-refractivity contribution in [2.24, 2.45) is 0 Å². The van der Waals surface area contributed by atoms with Gasteiger partial charge in [0.25, 0.3) is 0 Å². The van der Waals surface area contributed by atoms with E-state index in [1.54, 1.807) is 0 Å². The highest BCUT2D eigenvalue weighted by Gasteiger charge is 2.23. The van der Waals surface area contributed by atoms with Crippen LogP contribution in [0.15, 0.2) is 30.3 Å². The molecule has 0 saturated heterocycles. The van der Waals surface area contributed by atoms with Crippen LogP contribution in [0.5, 0.6) is 0 Å². The normalized spacial score (nSPS) is 13.9. The number of hydrogen-bond acceptors (Lipinski definition) is 6. The summed E-state index contributed by atoms with van der Waals surface area (Å²) < 4.78 is 0. The van der Waals surface area contributed by atoms with E-state index in [2.05, 4.69) is 11.8 Å². The summed E-state index contributed by atoms with van der Waals surface area (Å²) in [7, 11) is 0. The van der Waals surface area contributed by atoms with Crippen molar-refractivity contribution in [3.05, 3.63) is 35.9 Å². The van der Waals surface area contributed by atoms with Gasteiger partial charge in [-0.25, -0.2) is 4.79 Å². The average molecular weight is 282 g/mol. The van der Waals surface area contributed by atoms with E-state index < -0.39 is 24.1 Å². The smallest absolute Gasteiger partial charge is 0.335 e. The van der Waals surface area contributed by atoms with Crippen LogP contribution >= 0.6 is 0 Å². The lowest BCUT2D eigenvalue weighted by atomic mass is 10.1. The molecule has 0 saturated carbocycles. The molecule has 6 N–H and O–H groups in total. The second-order valence-corrected chi connectivity index (χ2v) is 3.64. The Morgan fingerprint density at radius 2 is 1.70 bits per heavy atom. The fourth-order valence-electron chi connectivity index (χ4n) is 1.02. The predicted molar refractivity (Wildman–Crippen MR) is 62.3 cm³/mol. The number of nitriles is 1. The lowest BCUT2D eigenvalue weighted by molar-refractivity contribution is -0.406. The zero-order chi connectivity index (χ0) is 15.7. The molecule has 0 amide bonds. The molecule has 1 aromatic rings. The highest BCUT2D eigenvalue weighted by atomic mass is 16.4. The summed E-state index contributed by atoms with van der Waals surface area (Å²) in [6.07, 6.45) is -4.71. The van der Waals surface area contributed by atoms with Gasteiger partial charge in [-0.05, 0) is 0 Å². The largest absolute Gasteiger partial charge is 0.547 e. The summed E-state index contributed by atoms with van der Waals surface area (Å²) in [5, 5.41) is 42.6. The quantitative estimate of drug-likeness (QED) is 0.457. The van der Waals surface area contributed by atoms with Gasteiger partial charge < -0.3 is 31.0 Å². The number of nitrogens with zero attached hydrogens (tertiary/aromatic N) is 1. The van der Waals surface area contributed by atoms with E-state index >= 15 is 0 Å². The van der Waals surface area contributed by atoms with Crippen LogP contribution < -0.4 is 10.8 Å². The molecule has 0 radical (unpaired) electrons. The molecule has 0 heterocycles. The molecule has 0 aliphatic rings. The van der Waals surface area contributed by atoms with Gasteiger partial charge in [-0.15, -0.1) is 0 Å². The van der Waals surface area contributed by atoms with Gasteiger partial charge in [-0.3, -0.25) is 0 Å². The number of quaternary nitrogens is 1. The maximum Gasteiger partial charge on any atom is 0.335 e. The second-order valence-electron chi connectivity index (χ2n) is 3.64. The summed E-state index contributed by atoms with van der Waals surface area (Å²) in [4.78, 5) is 19.4. The van der Waals surface area contributed by atoms with Gasteiger partial charge >= 0.3 is 5.97 Å². The first-order chi connectivity index (χ1) is 9.31. The maximum absolute atomic E-state index is 9.74. The summed E-state index contributed by atoms with van der Waals surface area (Å²) in [5.74, 6) is -3.83. The molecule has 0 bridgehead atoms. The molecule has 1 rings (SSSR count). The van der Waals surface area contributed by atoms with Crippen LogP contribution in [0.1, 0.15) is 11.6 Å². The maximum atomic E-state index is 9.74. The van der Waals surface area contributed by atoms with Gasteiger partial charge in [0.1, 0.15) is 12.2 Å². The van der Waals surface area contributed by atoms with Crippen LogP contribution in [0, 0.1) is 11.3 Å². The molecule has 0 unspecified atom stereocenters. The third kappa shape index (κ3) is 5.92. The molecular formula is C12H14N2O6. The van der Waals surface area contributed by atoms with Gasteiger partial charge in [0.2, 0.25) is 0 Å². The summed E-state index contributed by atoms with van der Waals surface area (Å²) in [6.45, 7) is 0. The molecular weight excluding hydrogens is 268 g/mol. The Balaban J connectivity index is 0.000000361. The molecule has 8 nitrogen and oxygen atoms in total. The molecule has 0 fully saturated rings. The molecule has 0 aliphatic heterocycles. The topological polar surface area (TPSA) is 169 Å². The Morgan fingerprint density at radius 3 is 2.00 bits per heavy atom. The molecule has 8 heteroatoms. The van der Waals surface area contributed by atoms with Crippen LogP contribution in [0.4, 0.5) is 0 Å². The van der Waals surface area contributed by atoms with E-state index in [0.717, 1.165) is 5.56 Å². The van der Waals surface area contributed by atoms with Crippen molar-refractivity contribution in [2.75, 3.05) is 0 Å². The van der Waals surface area contributed by atoms with Gasteiger partial charge in [0.15, 0.2) is 12.1 Å². The van der Waals surface area contributed by atoms with Gasteiger partial charge in [0.05, 0.1) is 5.97 Å². The Hall–Kier alpha value is -2.47.